The standard InChI is InChI=1S/C25H27NO2/c1-18-16-26(17-19-7-5-4-6-8-19)24-14-13-22(28-3)15-23(24)25(18)20-9-11-21(27-2)12-10-20/h4-15,18,25H,16-17H2,1-3H3/t18-,25-/m1/s1. The van der Waals surface area contributed by atoms with Gasteiger partial charge in [-0.2, -0.15) is 0 Å². The minimum absolute atomic E-state index is 0.336. The molecule has 0 spiro atoms. The molecular weight excluding hydrogens is 346 g/mol. The lowest BCUT2D eigenvalue weighted by molar-refractivity contribution is 0.410. The van der Waals surface area contributed by atoms with Crippen LogP contribution in [-0.2, 0) is 6.54 Å². The Hall–Kier alpha value is -2.94. The molecular formula is C25H27NO2. The maximum absolute atomic E-state index is 5.55. The number of hydrogen-bond donors (Lipinski definition) is 0. The fourth-order valence-corrected chi connectivity index (χ4v) is 4.33. The van der Waals surface area contributed by atoms with E-state index in [0.29, 0.717) is 11.8 Å². The van der Waals surface area contributed by atoms with Gasteiger partial charge in [-0.15, -0.1) is 0 Å². The Balaban J connectivity index is 1.74. The van der Waals surface area contributed by atoms with Gasteiger partial charge in [-0.3, -0.25) is 0 Å². The molecule has 0 amide bonds. The molecule has 1 aliphatic heterocycles. The number of nitrogens with zero attached hydrogens (tertiary/aromatic N) is 1. The fourth-order valence-electron chi connectivity index (χ4n) is 4.33. The third kappa shape index (κ3) is 3.57. The highest BCUT2D eigenvalue weighted by atomic mass is 16.5. The molecule has 0 N–H and O–H groups in total. The van der Waals surface area contributed by atoms with Crippen molar-refractivity contribution in [1.29, 1.82) is 0 Å². The minimum Gasteiger partial charge on any atom is -0.497 e. The summed E-state index contributed by atoms with van der Waals surface area (Å²) < 4.78 is 10.9. The molecule has 144 valence electrons. The van der Waals surface area contributed by atoms with E-state index in [1.807, 2.05) is 0 Å². The van der Waals surface area contributed by atoms with E-state index in [4.69, 9.17) is 9.47 Å². The lowest BCUT2D eigenvalue weighted by Gasteiger charge is -2.40. The average Bonchev–Trinajstić information content (AvgIpc) is 2.74. The van der Waals surface area contributed by atoms with E-state index in [0.717, 1.165) is 24.6 Å². The van der Waals surface area contributed by atoms with Crippen LogP contribution in [0.15, 0.2) is 72.8 Å². The summed E-state index contributed by atoms with van der Waals surface area (Å²) in [6.45, 7) is 4.28. The summed E-state index contributed by atoms with van der Waals surface area (Å²) in [5.74, 6) is 2.62. The number of anilines is 1. The predicted molar refractivity (Wildman–Crippen MR) is 114 cm³/mol. The Bertz CT molecular complexity index is 921. The van der Waals surface area contributed by atoms with Crippen molar-refractivity contribution in [2.24, 2.45) is 5.92 Å². The van der Waals surface area contributed by atoms with E-state index in [1.54, 1.807) is 14.2 Å². The van der Waals surface area contributed by atoms with E-state index in [-0.39, 0.29) is 0 Å². The van der Waals surface area contributed by atoms with Gasteiger partial charge in [-0.25, -0.2) is 0 Å². The van der Waals surface area contributed by atoms with E-state index in [1.165, 1.54) is 22.4 Å². The number of hydrogen-bond acceptors (Lipinski definition) is 3. The molecule has 2 atom stereocenters. The number of fused-ring (bicyclic) bond motifs is 1. The van der Waals surface area contributed by atoms with Crippen molar-refractivity contribution in [2.45, 2.75) is 19.4 Å². The molecule has 0 fully saturated rings. The van der Waals surface area contributed by atoms with Crippen LogP contribution in [0.25, 0.3) is 0 Å². The van der Waals surface area contributed by atoms with Crippen LogP contribution in [0.1, 0.15) is 29.5 Å². The van der Waals surface area contributed by atoms with Gasteiger partial charge in [-0.1, -0.05) is 49.4 Å². The van der Waals surface area contributed by atoms with Gasteiger partial charge in [0.2, 0.25) is 0 Å². The monoisotopic (exact) mass is 373 g/mol. The van der Waals surface area contributed by atoms with Crippen LogP contribution >= 0.6 is 0 Å². The molecule has 4 rings (SSSR count). The molecule has 0 radical (unpaired) electrons. The zero-order chi connectivity index (χ0) is 19.5. The number of benzene rings is 3. The molecule has 1 aliphatic rings. The Morgan fingerprint density at radius 1 is 0.857 bits per heavy atom. The van der Waals surface area contributed by atoms with Gasteiger partial charge in [0, 0.05) is 24.7 Å². The van der Waals surface area contributed by atoms with Crippen molar-refractivity contribution in [1.82, 2.24) is 0 Å². The summed E-state index contributed by atoms with van der Waals surface area (Å²) in [4.78, 5) is 2.49. The van der Waals surface area contributed by atoms with Gasteiger partial charge in [-0.05, 0) is 52.9 Å². The SMILES string of the molecule is COc1ccc([C@@H]2c3cc(OC)ccc3N(Cc3ccccc3)C[C@H]2C)cc1. The average molecular weight is 373 g/mol. The maximum Gasteiger partial charge on any atom is 0.119 e. The van der Waals surface area contributed by atoms with Gasteiger partial charge in [0.25, 0.3) is 0 Å². The van der Waals surface area contributed by atoms with Crippen LogP contribution in [0.2, 0.25) is 0 Å². The van der Waals surface area contributed by atoms with Crippen molar-refractivity contribution >= 4 is 5.69 Å². The van der Waals surface area contributed by atoms with Crippen molar-refractivity contribution in [3.8, 4) is 11.5 Å². The molecule has 0 saturated heterocycles. The first kappa shape index (κ1) is 18.4. The number of methoxy groups -OCH3 is 2. The topological polar surface area (TPSA) is 21.7 Å². The molecule has 0 aromatic heterocycles. The highest BCUT2D eigenvalue weighted by Crippen LogP contribution is 2.44. The minimum atomic E-state index is 0.336. The van der Waals surface area contributed by atoms with E-state index < -0.39 is 0 Å². The third-order valence-electron chi connectivity index (χ3n) is 5.68. The maximum atomic E-state index is 5.55. The zero-order valence-corrected chi connectivity index (χ0v) is 16.8. The summed E-state index contributed by atoms with van der Waals surface area (Å²) in [6, 6.07) is 25.7. The molecule has 0 bridgehead atoms. The van der Waals surface area contributed by atoms with Gasteiger partial charge in [0.05, 0.1) is 14.2 Å². The first-order valence-corrected chi connectivity index (χ1v) is 9.80. The zero-order valence-electron chi connectivity index (χ0n) is 16.8. The van der Waals surface area contributed by atoms with E-state index in [9.17, 15) is 0 Å². The molecule has 0 aliphatic carbocycles. The van der Waals surface area contributed by atoms with Crippen molar-refractivity contribution in [3.63, 3.8) is 0 Å². The molecule has 0 saturated carbocycles. The highest BCUT2D eigenvalue weighted by molar-refractivity contribution is 5.62. The smallest absolute Gasteiger partial charge is 0.119 e. The van der Waals surface area contributed by atoms with Crippen LogP contribution in [0.5, 0.6) is 11.5 Å². The molecule has 3 aromatic rings. The molecule has 3 heteroatoms. The molecule has 3 aromatic carbocycles. The second-order valence-electron chi connectivity index (χ2n) is 7.52. The Kier molecular flexibility index (Phi) is 5.25. The Labute approximate surface area is 167 Å². The first-order chi connectivity index (χ1) is 13.7. The van der Waals surface area contributed by atoms with Gasteiger partial charge >= 0.3 is 0 Å². The normalized spacial score (nSPS) is 18.5. The Morgan fingerprint density at radius 3 is 2.21 bits per heavy atom. The lowest BCUT2D eigenvalue weighted by atomic mass is 9.77. The number of ether oxygens (including phenoxy) is 2. The molecule has 0 unspecified atom stereocenters. The Morgan fingerprint density at radius 2 is 1.54 bits per heavy atom. The van der Waals surface area contributed by atoms with Gasteiger partial charge in [0.15, 0.2) is 0 Å². The van der Waals surface area contributed by atoms with E-state index >= 15 is 0 Å². The quantitative estimate of drug-likeness (QED) is 0.590. The van der Waals surface area contributed by atoms with Crippen molar-refractivity contribution < 1.29 is 9.47 Å². The summed E-state index contributed by atoms with van der Waals surface area (Å²) in [5, 5.41) is 0. The van der Waals surface area contributed by atoms with Crippen LogP contribution in [0, 0.1) is 5.92 Å². The number of rotatable bonds is 5. The summed E-state index contributed by atoms with van der Waals surface area (Å²) in [7, 11) is 3.44. The lowest BCUT2D eigenvalue weighted by Crippen LogP contribution is -2.36. The van der Waals surface area contributed by atoms with E-state index in [2.05, 4.69) is 84.6 Å². The molecule has 1 heterocycles. The van der Waals surface area contributed by atoms with Crippen molar-refractivity contribution in [2.75, 3.05) is 25.7 Å². The third-order valence-corrected chi connectivity index (χ3v) is 5.68. The van der Waals surface area contributed by atoms with Gasteiger partial charge < -0.3 is 14.4 Å². The second-order valence-corrected chi connectivity index (χ2v) is 7.52. The van der Waals surface area contributed by atoms with Crippen LogP contribution in [0.4, 0.5) is 5.69 Å². The predicted octanol–water partition coefficient (Wildman–Crippen LogP) is 5.49. The van der Waals surface area contributed by atoms with Crippen LogP contribution < -0.4 is 14.4 Å². The van der Waals surface area contributed by atoms with Gasteiger partial charge in [0.1, 0.15) is 11.5 Å². The summed E-state index contributed by atoms with van der Waals surface area (Å²) >= 11 is 0. The second kappa shape index (κ2) is 7.97. The summed E-state index contributed by atoms with van der Waals surface area (Å²) in [5.41, 5.74) is 5.28. The van der Waals surface area contributed by atoms with Crippen molar-refractivity contribution in [3.05, 3.63) is 89.5 Å². The van der Waals surface area contributed by atoms with Crippen LogP contribution in [0.3, 0.4) is 0 Å². The van der Waals surface area contributed by atoms with Crippen LogP contribution in [-0.4, -0.2) is 20.8 Å². The summed E-state index contributed by atoms with van der Waals surface area (Å²) in [6.07, 6.45) is 0. The highest BCUT2D eigenvalue weighted by Gasteiger charge is 2.32. The molecule has 28 heavy (non-hydrogen) atoms. The fraction of sp³-hybridized carbons (Fsp3) is 0.280. The molecule has 3 nitrogen and oxygen atoms in total. The first-order valence-electron chi connectivity index (χ1n) is 9.80. The largest absolute Gasteiger partial charge is 0.497 e.